The average Bonchev–Trinajstić information content (AvgIpc) is 2.65. The number of rotatable bonds is 8. The van der Waals surface area contributed by atoms with Crippen LogP contribution >= 0.6 is 0 Å². The minimum absolute atomic E-state index is 0.251. The van der Waals surface area contributed by atoms with Crippen molar-refractivity contribution in [3.05, 3.63) is 65.7 Å². The van der Waals surface area contributed by atoms with E-state index >= 15 is 0 Å². The van der Waals surface area contributed by atoms with E-state index in [4.69, 9.17) is 9.47 Å². The van der Waals surface area contributed by atoms with Gasteiger partial charge >= 0.3 is 6.09 Å². The molecular weight excluding hydrogens is 354 g/mol. The van der Waals surface area contributed by atoms with Crippen LogP contribution in [0.25, 0.3) is 0 Å². The van der Waals surface area contributed by atoms with Crippen molar-refractivity contribution < 1.29 is 19.1 Å². The number of ether oxygens (including phenoxy) is 2. The van der Waals surface area contributed by atoms with Crippen molar-refractivity contribution in [2.75, 3.05) is 13.6 Å². The molecule has 0 aliphatic carbocycles. The van der Waals surface area contributed by atoms with Crippen LogP contribution in [0.1, 0.15) is 44.4 Å². The Bertz CT molecular complexity index is 768. The van der Waals surface area contributed by atoms with Gasteiger partial charge in [-0.1, -0.05) is 48.5 Å². The Hall–Kier alpha value is -2.82. The zero-order chi connectivity index (χ0) is 20.6. The minimum Gasteiger partial charge on any atom is -0.485 e. The molecule has 5 heteroatoms. The van der Waals surface area contributed by atoms with E-state index in [9.17, 15) is 9.59 Å². The van der Waals surface area contributed by atoms with Crippen molar-refractivity contribution in [2.24, 2.45) is 0 Å². The molecule has 0 aromatic heterocycles. The van der Waals surface area contributed by atoms with Crippen LogP contribution in [-0.4, -0.2) is 36.5 Å². The minimum atomic E-state index is -0.533. The third-order valence-corrected chi connectivity index (χ3v) is 4.15. The van der Waals surface area contributed by atoms with Gasteiger partial charge < -0.3 is 19.2 Å². The second-order valence-electron chi connectivity index (χ2n) is 7.69. The molecule has 0 spiro atoms. The molecule has 0 fully saturated rings. The monoisotopic (exact) mass is 383 g/mol. The maximum absolute atomic E-state index is 12.2. The number of hydrogen-bond donors (Lipinski definition) is 0. The second-order valence-corrected chi connectivity index (χ2v) is 7.69. The Kier molecular flexibility index (Phi) is 7.61. The lowest BCUT2D eigenvalue weighted by atomic mass is 10.1. The summed E-state index contributed by atoms with van der Waals surface area (Å²) in [6.45, 7) is 6.01. The van der Waals surface area contributed by atoms with E-state index in [0.29, 0.717) is 25.1 Å². The fraction of sp³-hybridized carbons (Fsp3) is 0.391. The summed E-state index contributed by atoms with van der Waals surface area (Å²) in [7, 11) is 1.72. The first-order valence-corrected chi connectivity index (χ1v) is 9.47. The second kappa shape index (κ2) is 9.93. The maximum atomic E-state index is 12.2. The molecule has 0 saturated heterocycles. The van der Waals surface area contributed by atoms with Crippen molar-refractivity contribution in [3.8, 4) is 5.75 Å². The maximum Gasteiger partial charge on any atom is 0.410 e. The molecule has 0 bridgehead atoms. The van der Waals surface area contributed by atoms with E-state index in [2.05, 4.69) is 0 Å². The van der Waals surface area contributed by atoms with Crippen LogP contribution in [0.15, 0.2) is 54.6 Å². The molecule has 0 aliphatic rings. The summed E-state index contributed by atoms with van der Waals surface area (Å²) >= 11 is 0. The standard InChI is InChI=1S/C23H29NO4/c1-23(2,3)28-22(26)24(4)16-14-21(18-10-6-5-7-11-18)27-20-13-9-8-12-19(20)15-17-25/h5-13,17,21H,14-16H2,1-4H3. The van der Waals surface area contributed by atoms with E-state index in [1.54, 1.807) is 11.9 Å². The van der Waals surface area contributed by atoms with Crippen LogP contribution in [0.3, 0.4) is 0 Å². The molecule has 150 valence electrons. The number of benzene rings is 2. The van der Waals surface area contributed by atoms with Gasteiger partial charge in [0.1, 0.15) is 23.7 Å². The van der Waals surface area contributed by atoms with E-state index < -0.39 is 5.60 Å². The van der Waals surface area contributed by atoms with Crippen LogP contribution in [0, 0.1) is 0 Å². The quantitative estimate of drug-likeness (QED) is 0.614. The van der Waals surface area contributed by atoms with Crippen molar-refractivity contribution in [1.82, 2.24) is 4.90 Å². The Morgan fingerprint density at radius 3 is 2.36 bits per heavy atom. The molecule has 1 atom stereocenters. The predicted octanol–water partition coefficient (Wildman–Crippen LogP) is 4.81. The van der Waals surface area contributed by atoms with Crippen molar-refractivity contribution in [3.63, 3.8) is 0 Å². The van der Waals surface area contributed by atoms with Gasteiger partial charge in [-0.3, -0.25) is 0 Å². The average molecular weight is 383 g/mol. The lowest BCUT2D eigenvalue weighted by Crippen LogP contribution is -2.35. The van der Waals surface area contributed by atoms with Gasteiger partial charge in [-0.2, -0.15) is 0 Å². The number of carbonyl (C=O) groups excluding carboxylic acids is 2. The molecule has 0 heterocycles. The number of carbonyl (C=O) groups is 2. The number of hydrogen-bond acceptors (Lipinski definition) is 4. The van der Waals surface area contributed by atoms with Gasteiger partial charge in [-0.15, -0.1) is 0 Å². The molecule has 0 radical (unpaired) electrons. The molecule has 1 unspecified atom stereocenters. The zero-order valence-electron chi connectivity index (χ0n) is 17.1. The Balaban J connectivity index is 2.13. The van der Waals surface area contributed by atoms with Crippen LogP contribution in [0.5, 0.6) is 5.75 Å². The topological polar surface area (TPSA) is 55.8 Å². The molecule has 2 rings (SSSR count). The van der Waals surface area contributed by atoms with Crippen molar-refractivity contribution in [1.29, 1.82) is 0 Å². The van der Waals surface area contributed by atoms with Gasteiger partial charge in [0, 0.05) is 32.0 Å². The normalized spacial score (nSPS) is 12.1. The van der Waals surface area contributed by atoms with Crippen LogP contribution in [-0.2, 0) is 16.0 Å². The predicted molar refractivity (Wildman–Crippen MR) is 110 cm³/mol. The Morgan fingerprint density at radius 1 is 1.07 bits per heavy atom. The van der Waals surface area contributed by atoms with Gasteiger partial charge in [0.15, 0.2) is 0 Å². The molecule has 28 heavy (non-hydrogen) atoms. The number of nitrogens with zero attached hydrogens (tertiary/aromatic N) is 1. The van der Waals surface area contributed by atoms with Gasteiger partial charge in [0.05, 0.1) is 0 Å². The van der Waals surface area contributed by atoms with Gasteiger partial charge in [0.2, 0.25) is 0 Å². The smallest absolute Gasteiger partial charge is 0.410 e. The SMILES string of the molecule is CN(CCC(Oc1ccccc1CC=O)c1ccccc1)C(=O)OC(C)(C)C. The summed E-state index contributed by atoms with van der Waals surface area (Å²) in [5, 5.41) is 0. The highest BCUT2D eigenvalue weighted by atomic mass is 16.6. The van der Waals surface area contributed by atoms with E-state index in [0.717, 1.165) is 17.4 Å². The first-order chi connectivity index (χ1) is 13.3. The first-order valence-electron chi connectivity index (χ1n) is 9.47. The van der Waals surface area contributed by atoms with Crippen molar-refractivity contribution in [2.45, 2.75) is 45.3 Å². The molecule has 1 amide bonds. The van der Waals surface area contributed by atoms with Crippen LogP contribution < -0.4 is 4.74 Å². The summed E-state index contributed by atoms with van der Waals surface area (Å²) in [4.78, 5) is 24.8. The van der Waals surface area contributed by atoms with Gasteiger partial charge in [-0.25, -0.2) is 4.79 Å². The third kappa shape index (κ3) is 6.72. The molecule has 2 aromatic carbocycles. The van der Waals surface area contributed by atoms with Crippen molar-refractivity contribution >= 4 is 12.4 Å². The van der Waals surface area contributed by atoms with Crippen LogP contribution in [0.2, 0.25) is 0 Å². The summed E-state index contributed by atoms with van der Waals surface area (Å²) in [6, 6.07) is 17.4. The van der Waals surface area contributed by atoms with Gasteiger partial charge in [-0.05, 0) is 32.4 Å². The highest BCUT2D eigenvalue weighted by Gasteiger charge is 2.22. The summed E-state index contributed by atoms with van der Waals surface area (Å²) in [5.74, 6) is 0.684. The molecule has 5 nitrogen and oxygen atoms in total. The fourth-order valence-electron chi connectivity index (χ4n) is 2.73. The number of aldehydes is 1. The zero-order valence-corrected chi connectivity index (χ0v) is 17.1. The van der Waals surface area contributed by atoms with E-state index in [-0.39, 0.29) is 12.2 Å². The third-order valence-electron chi connectivity index (χ3n) is 4.15. The summed E-state index contributed by atoms with van der Waals surface area (Å²) < 4.78 is 11.7. The molecule has 0 saturated carbocycles. The largest absolute Gasteiger partial charge is 0.485 e. The van der Waals surface area contributed by atoms with E-state index in [1.165, 1.54) is 0 Å². The molecular formula is C23H29NO4. The summed E-state index contributed by atoms with van der Waals surface area (Å²) in [5.41, 5.74) is 1.33. The van der Waals surface area contributed by atoms with E-state index in [1.807, 2.05) is 75.4 Å². The Labute approximate surface area is 167 Å². The van der Waals surface area contributed by atoms with Gasteiger partial charge in [0.25, 0.3) is 0 Å². The molecule has 0 aliphatic heterocycles. The van der Waals surface area contributed by atoms with Crippen LogP contribution in [0.4, 0.5) is 4.79 Å². The molecule has 0 N–H and O–H groups in total. The highest BCUT2D eigenvalue weighted by molar-refractivity contribution is 5.67. The Morgan fingerprint density at radius 2 is 1.71 bits per heavy atom. The lowest BCUT2D eigenvalue weighted by Gasteiger charge is -2.27. The number of para-hydroxylation sites is 1. The lowest BCUT2D eigenvalue weighted by molar-refractivity contribution is -0.107. The highest BCUT2D eigenvalue weighted by Crippen LogP contribution is 2.28. The summed E-state index contributed by atoms with van der Waals surface area (Å²) in [6.07, 6.45) is 1.15. The fourth-order valence-corrected chi connectivity index (χ4v) is 2.73. The number of amides is 1. The molecule has 2 aromatic rings. The first kappa shape index (κ1) is 21.5.